The molecule has 4 aromatic rings. The summed E-state index contributed by atoms with van der Waals surface area (Å²) in [5.41, 5.74) is 2.96. The van der Waals surface area contributed by atoms with Crippen LogP contribution in [0.25, 0.3) is 22.4 Å². The number of H-pyrrole nitrogens is 1. The van der Waals surface area contributed by atoms with Crippen LogP contribution in [-0.2, 0) is 17.6 Å². The second kappa shape index (κ2) is 7.82. The summed E-state index contributed by atoms with van der Waals surface area (Å²) < 4.78 is 5.20. The first-order chi connectivity index (χ1) is 13.3. The summed E-state index contributed by atoms with van der Waals surface area (Å²) in [5, 5.41) is 8.04. The molecule has 136 valence electrons. The van der Waals surface area contributed by atoms with Gasteiger partial charge in [0.05, 0.1) is 0 Å². The minimum Gasteiger partial charge on any atom is -0.361 e. The third-order valence-electron chi connectivity index (χ3n) is 4.32. The van der Waals surface area contributed by atoms with Crippen molar-refractivity contribution in [3.8, 4) is 11.5 Å². The average molecular weight is 361 g/mol. The number of nitrogens with one attached hydrogen (secondary N) is 2. The van der Waals surface area contributed by atoms with Crippen molar-refractivity contribution in [2.75, 3.05) is 6.54 Å². The Labute approximate surface area is 155 Å². The molecule has 1 amide bonds. The lowest BCUT2D eigenvalue weighted by atomic mass is 10.1. The molecule has 2 N–H and O–H groups in total. The van der Waals surface area contributed by atoms with Crippen LogP contribution in [0.2, 0.25) is 0 Å². The van der Waals surface area contributed by atoms with Crippen molar-refractivity contribution in [3.63, 3.8) is 0 Å². The van der Waals surface area contributed by atoms with Crippen molar-refractivity contribution in [2.24, 2.45) is 0 Å². The molecule has 7 heteroatoms. The summed E-state index contributed by atoms with van der Waals surface area (Å²) in [6.45, 7) is 0.587. The molecule has 0 aliphatic carbocycles. The van der Waals surface area contributed by atoms with Crippen LogP contribution in [0.1, 0.15) is 17.9 Å². The largest absolute Gasteiger partial charge is 0.361 e. The lowest BCUT2D eigenvalue weighted by Gasteiger charge is -2.03. The molecule has 0 aliphatic heterocycles. The number of pyridine rings is 1. The van der Waals surface area contributed by atoms with Gasteiger partial charge in [0.1, 0.15) is 5.69 Å². The maximum atomic E-state index is 12.1. The molecule has 7 nitrogen and oxygen atoms in total. The van der Waals surface area contributed by atoms with E-state index >= 15 is 0 Å². The fraction of sp³-hybridized carbons (Fsp3) is 0.200. The summed E-state index contributed by atoms with van der Waals surface area (Å²) in [5.74, 6) is 0.834. The van der Waals surface area contributed by atoms with E-state index in [0.29, 0.717) is 36.8 Å². The molecule has 0 fully saturated rings. The van der Waals surface area contributed by atoms with Crippen LogP contribution in [0.5, 0.6) is 0 Å². The first-order valence-electron chi connectivity index (χ1n) is 8.85. The number of fused-ring (bicyclic) bond motifs is 1. The smallest absolute Gasteiger partial charge is 0.227 e. The first-order valence-corrected chi connectivity index (χ1v) is 8.85. The maximum absolute atomic E-state index is 12.1. The van der Waals surface area contributed by atoms with E-state index in [1.54, 1.807) is 6.20 Å². The van der Waals surface area contributed by atoms with Crippen LogP contribution >= 0.6 is 0 Å². The zero-order chi connectivity index (χ0) is 18.5. The van der Waals surface area contributed by atoms with Gasteiger partial charge in [-0.2, -0.15) is 4.98 Å². The number of aromatic nitrogens is 4. The fourth-order valence-corrected chi connectivity index (χ4v) is 2.94. The number of hydrogen-bond acceptors (Lipinski definition) is 5. The predicted octanol–water partition coefficient (Wildman–Crippen LogP) is 2.90. The number of carbonyl (C=O) groups is 1. The number of aromatic amines is 1. The van der Waals surface area contributed by atoms with Gasteiger partial charge in [-0.3, -0.25) is 9.78 Å². The SMILES string of the molecule is O=C(CCc1nc(-c2ccccn2)no1)NCCc1c[nH]c2ccccc12. The van der Waals surface area contributed by atoms with Crippen LogP contribution in [-0.4, -0.2) is 32.6 Å². The molecule has 0 atom stereocenters. The minimum absolute atomic E-state index is 0.0348. The molecule has 0 radical (unpaired) electrons. The van der Waals surface area contributed by atoms with E-state index in [-0.39, 0.29) is 5.91 Å². The third kappa shape index (κ3) is 4.03. The van der Waals surface area contributed by atoms with Crippen LogP contribution in [0, 0.1) is 0 Å². The average Bonchev–Trinajstić information content (AvgIpc) is 3.35. The van der Waals surface area contributed by atoms with Crippen LogP contribution < -0.4 is 5.32 Å². The molecule has 0 unspecified atom stereocenters. The Morgan fingerprint density at radius 1 is 1.11 bits per heavy atom. The Kier molecular flexibility index (Phi) is 4.91. The van der Waals surface area contributed by atoms with Gasteiger partial charge in [-0.1, -0.05) is 29.4 Å². The normalized spacial score (nSPS) is 11.0. The summed E-state index contributed by atoms with van der Waals surface area (Å²) in [6.07, 6.45) is 5.15. The predicted molar refractivity (Wildman–Crippen MR) is 101 cm³/mol. The van der Waals surface area contributed by atoms with Gasteiger partial charge in [0.25, 0.3) is 0 Å². The number of amides is 1. The van der Waals surface area contributed by atoms with Crippen molar-refractivity contribution in [1.82, 2.24) is 25.4 Å². The molecule has 0 aliphatic rings. The summed E-state index contributed by atoms with van der Waals surface area (Å²) in [6, 6.07) is 13.6. The van der Waals surface area contributed by atoms with Gasteiger partial charge in [-0.05, 0) is 30.2 Å². The Balaban J connectivity index is 1.25. The zero-order valence-corrected chi connectivity index (χ0v) is 14.7. The number of carbonyl (C=O) groups excluding carboxylic acids is 1. The molecule has 0 bridgehead atoms. The molecule has 0 saturated carbocycles. The zero-order valence-electron chi connectivity index (χ0n) is 14.7. The summed E-state index contributed by atoms with van der Waals surface area (Å²) in [4.78, 5) is 23.8. The monoisotopic (exact) mass is 361 g/mol. The van der Waals surface area contributed by atoms with Gasteiger partial charge < -0.3 is 14.8 Å². The van der Waals surface area contributed by atoms with E-state index in [9.17, 15) is 4.79 Å². The highest BCUT2D eigenvalue weighted by Gasteiger charge is 2.11. The van der Waals surface area contributed by atoms with Crippen molar-refractivity contribution in [1.29, 1.82) is 0 Å². The minimum atomic E-state index is -0.0348. The van der Waals surface area contributed by atoms with E-state index in [0.717, 1.165) is 11.9 Å². The molecule has 27 heavy (non-hydrogen) atoms. The number of nitrogens with zero attached hydrogens (tertiary/aromatic N) is 3. The molecule has 0 spiro atoms. The first kappa shape index (κ1) is 17.0. The van der Waals surface area contributed by atoms with E-state index in [1.807, 2.05) is 42.6 Å². The number of aryl methyl sites for hydroxylation is 1. The molecule has 0 saturated heterocycles. The fourth-order valence-electron chi connectivity index (χ4n) is 2.94. The highest BCUT2D eigenvalue weighted by atomic mass is 16.5. The molecule has 4 rings (SSSR count). The lowest BCUT2D eigenvalue weighted by molar-refractivity contribution is -0.121. The highest BCUT2D eigenvalue weighted by molar-refractivity contribution is 5.83. The quantitative estimate of drug-likeness (QED) is 0.527. The van der Waals surface area contributed by atoms with Crippen molar-refractivity contribution >= 4 is 16.8 Å². The van der Waals surface area contributed by atoms with E-state index in [2.05, 4.69) is 31.5 Å². The van der Waals surface area contributed by atoms with Gasteiger partial charge in [0.15, 0.2) is 0 Å². The van der Waals surface area contributed by atoms with Gasteiger partial charge in [-0.15, -0.1) is 0 Å². The van der Waals surface area contributed by atoms with Crippen molar-refractivity contribution < 1.29 is 9.32 Å². The Morgan fingerprint density at radius 3 is 2.89 bits per heavy atom. The summed E-state index contributed by atoms with van der Waals surface area (Å²) >= 11 is 0. The Hall–Kier alpha value is -3.48. The van der Waals surface area contributed by atoms with Crippen LogP contribution in [0.4, 0.5) is 0 Å². The van der Waals surface area contributed by atoms with Gasteiger partial charge in [0.2, 0.25) is 17.6 Å². The van der Waals surface area contributed by atoms with E-state index in [4.69, 9.17) is 4.52 Å². The van der Waals surface area contributed by atoms with Gasteiger partial charge >= 0.3 is 0 Å². The lowest BCUT2D eigenvalue weighted by Crippen LogP contribution is -2.25. The van der Waals surface area contributed by atoms with E-state index in [1.165, 1.54) is 10.9 Å². The summed E-state index contributed by atoms with van der Waals surface area (Å²) in [7, 11) is 0. The van der Waals surface area contributed by atoms with E-state index < -0.39 is 0 Å². The molecular weight excluding hydrogens is 342 g/mol. The Bertz CT molecular complexity index is 1040. The molecule has 3 aromatic heterocycles. The molecule has 1 aromatic carbocycles. The van der Waals surface area contributed by atoms with Crippen molar-refractivity contribution in [2.45, 2.75) is 19.3 Å². The second-order valence-electron chi connectivity index (χ2n) is 6.19. The standard InChI is InChI=1S/C20H19N5O2/c26-18(22-12-10-14-13-23-16-6-2-1-5-15(14)16)8-9-19-24-20(25-27-19)17-7-3-4-11-21-17/h1-7,11,13,23H,8-10,12H2,(H,22,26). The molecular formula is C20H19N5O2. The third-order valence-corrected chi connectivity index (χ3v) is 4.32. The number of rotatable bonds is 7. The van der Waals surface area contributed by atoms with Crippen molar-refractivity contribution in [3.05, 3.63) is 66.3 Å². The maximum Gasteiger partial charge on any atom is 0.227 e. The highest BCUT2D eigenvalue weighted by Crippen LogP contribution is 2.17. The van der Waals surface area contributed by atoms with Gasteiger partial charge in [0, 0.05) is 42.7 Å². The molecule has 3 heterocycles. The number of para-hydroxylation sites is 1. The second-order valence-corrected chi connectivity index (χ2v) is 6.19. The Morgan fingerprint density at radius 2 is 2.00 bits per heavy atom. The number of hydrogen-bond donors (Lipinski definition) is 2. The van der Waals surface area contributed by atoms with Crippen LogP contribution in [0.3, 0.4) is 0 Å². The van der Waals surface area contributed by atoms with Gasteiger partial charge in [-0.25, -0.2) is 0 Å². The van der Waals surface area contributed by atoms with Crippen LogP contribution in [0.15, 0.2) is 59.4 Å². The topological polar surface area (TPSA) is 96.7 Å². The number of benzene rings is 1.